The molecular weight excluding hydrogens is 400 g/mol. The second-order valence-electron chi connectivity index (χ2n) is 7.77. The zero-order chi connectivity index (χ0) is 22.4. The van der Waals surface area contributed by atoms with E-state index in [-0.39, 0.29) is 12.1 Å². The highest BCUT2D eigenvalue weighted by atomic mass is 16.1. The van der Waals surface area contributed by atoms with E-state index in [1.165, 1.54) is 0 Å². The van der Waals surface area contributed by atoms with Gasteiger partial charge in [0.25, 0.3) is 5.56 Å². The Balaban J connectivity index is 1.81. The number of nitrogens with zero attached hydrogens (tertiary/aromatic N) is 4. The summed E-state index contributed by atoms with van der Waals surface area (Å²) in [7, 11) is 1.86. The van der Waals surface area contributed by atoms with Crippen molar-refractivity contribution in [3.8, 4) is 28.5 Å². The largest absolute Gasteiger partial charge is 0.325 e. The van der Waals surface area contributed by atoms with Crippen LogP contribution in [0, 0.1) is 18.3 Å². The molecule has 0 radical (unpaired) electrons. The van der Waals surface area contributed by atoms with Gasteiger partial charge in [-0.2, -0.15) is 15.5 Å². The normalized spacial score (nSPS) is 11.2. The highest BCUT2D eigenvalue weighted by molar-refractivity contribution is 5.99. The molecule has 0 bridgehead atoms. The molecule has 0 spiro atoms. The van der Waals surface area contributed by atoms with E-state index in [2.05, 4.69) is 21.4 Å². The van der Waals surface area contributed by atoms with E-state index in [9.17, 15) is 10.1 Å². The number of hydrogen-bond acceptors (Lipinski definition) is 5. The van der Waals surface area contributed by atoms with Gasteiger partial charge in [-0.25, -0.2) is 5.10 Å². The molecule has 3 N–H and O–H groups in total. The molecule has 0 unspecified atom stereocenters. The quantitative estimate of drug-likeness (QED) is 0.461. The van der Waals surface area contributed by atoms with E-state index in [0.717, 1.165) is 38.7 Å². The Bertz CT molecular complexity index is 1620. The van der Waals surface area contributed by atoms with E-state index >= 15 is 0 Å². The summed E-state index contributed by atoms with van der Waals surface area (Å²) in [5.74, 6) is 0. The van der Waals surface area contributed by atoms with Crippen LogP contribution in [0.25, 0.3) is 43.9 Å². The van der Waals surface area contributed by atoms with Gasteiger partial charge in [-0.15, -0.1) is 0 Å². The monoisotopic (exact) mass is 420 g/mol. The number of H-pyrrole nitrogens is 1. The molecule has 0 saturated carbocycles. The van der Waals surface area contributed by atoms with Crippen molar-refractivity contribution in [2.24, 2.45) is 12.8 Å². The van der Waals surface area contributed by atoms with Crippen LogP contribution in [0.1, 0.15) is 16.8 Å². The average Bonchev–Trinajstić information content (AvgIpc) is 3.20. The smallest absolute Gasteiger partial charge is 0.272 e. The van der Waals surface area contributed by atoms with E-state index in [1.54, 1.807) is 16.9 Å². The third kappa shape index (κ3) is 2.89. The van der Waals surface area contributed by atoms with Crippen molar-refractivity contribution in [2.75, 3.05) is 0 Å². The number of rotatable bonds is 3. The van der Waals surface area contributed by atoms with Gasteiger partial charge in [-0.3, -0.25) is 9.48 Å². The molecule has 0 aliphatic rings. The predicted octanol–water partition coefficient (Wildman–Crippen LogP) is 3.78. The summed E-state index contributed by atoms with van der Waals surface area (Å²) in [5.41, 5.74) is 11.3. The number of aromatic amines is 1. The Kier molecular flexibility index (Phi) is 4.58. The average molecular weight is 420 g/mol. The van der Waals surface area contributed by atoms with Gasteiger partial charge in [0.2, 0.25) is 0 Å². The first-order valence-corrected chi connectivity index (χ1v) is 10.2. The SMILES string of the molecule is Cc1cc(-c2c(-c3ccc4c(=O)[nH]nc(CN)c4c3)cnn2C)c(C#N)c2ccccc12. The summed E-state index contributed by atoms with van der Waals surface area (Å²) in [6, 6.07) is 17.9. The zero-order valence-corrected chi connectivity index (χ0v) is 17.7. The van der Waals surface area contributed by atoms with Crippen LogP contribution in [0.2, 0.25) is 0 Å². The molecule has 0 fully saturated rings. The van der Waals surface area contributed by atoms with Gasteiger partial charge in [0.1, 0.15) is 6.07 Å². The summed E-state index contributed by atoms with van der Waals surface area (Å²) in [6.45, 7) is 2.25. The maximum absolute atomic E-state index is 12.2. The van der Waals surface area contributed by atoms with Crippen LogP contribution in [0.15, 0.2) is 59.5 Å². The van der Waals surface area contributed by atoms with Gasteiger partial charge in [-0.05, 0) is 41.6 Å². The van der Waals surface area contributed by atoms with Crippen molar-refractivity contribution in [2.45, 2.75) is 13.5 Å². The molecule has 3 aromatic carbocycles. The lowest BCUT2D eigenvalue weighted by molar-refractivity contribution is 0.776. The Morgan fingerprint density at radius 1 is 1.06 bits per heavy atom. The summed E-state index contributed by atoms with van der Waals surface area (Å²) < 4.78 is 1.78. The summed E-state index contributed by atoms with van der Waals surface area (Å²) >= 11 is 0. The number of benzene rings is 3. The minimum absolute atomic E-state index is 0.207. The van der Waals surface area contributed by atoms with Crippen molar-refractivity contribution >= 4 is 21.5 Å². The molecule has 2 aromatic heterocycles. The van der Waals surface area contributed by atoms with Crippen molar-refractivity contribution in [3.63, 3.8) is 0 Å². The molecule has 0 aliphatic carbocycles. The first kappa shape index (κ1) is 19.7. The molecule has 7 nitrogen and oxygen atoms in total. The van der Waals surface area contributed by atoms with E-state index in [0.29, 0.717) is 22.0 Å². The van der Waals surface area contributed by atoms with Gasteiger partial charge in [0.05, 0.1) is 28.5 Å². The van der Waals surface area contributed by atoms with Gasteiger partial charge in [0.15, 0.2) is 0 Å². The maximum Gasteiger partial charge on any atom is 0.272 e. The molecule has 156 valence electrons. The van der Waals surface area contributed by atoms with Crippen LogP contribution < -0.4 is 11.3 Å². The minimum Gasteiger partial charge on any atom is -0.325 e. The van der Waals surface area contributed by atoms with Crippen molar-refractivity contribution in [1.82, 2.24) is 20.0 Å². The van der Waals surface area contributed by atoms with Gasteiger partial charge in [-0.1, -0.05) is 30.3 Å². The zero-order valence-electron chi connectivity index (χ0n) is 17.7. The summed E-state index contributed by atoms with van der Waals surface area (Å²) in [6.07, 6.45) is 1.78. The molecule has 5 aromatic rings. The lowest BCUT2D eigenvalue weighted by Gasteiger charge is -2.13. The molecule has 0 atom stereocenters. The number of aryl methyl sites for hydroxylation is 2. The fourth-order valence-corrected chi connectivity index (χ4v) is 4.37. The van der Waals surface area contributed by atoms with Crippen LogP contribution in [0.3, 0.4) is 0 Å². The number of hydrogen-bond donors (Lipinski definition) is 2. The molecule has 7 heteroatoms. The van der Waals surface area contributed by atoms with Gasteiger partial charge >= 0.3 is 0 Å². The fourth-order valence-electron chi connectivity index (χ4n) is 4.37. The number of fused-ring (bicyclic) bond motifs is 2. The predicted molar refractivity (Wildman–Crippen MR) is 125 cm³/mol. The lowest BCUT2D eigenvalue weighted by atomic mass is 9.91. The number of nitrogens with two attached hydrogens (primary N) is 1. The second kappa shape index (κ2) is 7.45. The fraction of sp³-hybridized carbons (Fsp3) is 0.120. The van der Waals surface area contributed by atoms with Crippen LogP contribution in [-0.4, -0.2) is 20.0 Å². The first-order valence-electron chi connectivity index (χ1n) is 10.2. The van der Waals surface area contributed by atoms with E-state index in [1.807, 2.05) is 56.4 Å². The maximum atomic E-state index is 12.2. The standard InChI is InChI=1S/C25H20N6O/c1-14-9-20(21(11-26)17-6-4-3-5-16(14)17)24-22(13-28-31(24)2)15-7-8-18-19(10-15)23(12-27)29-30-25(18)32/h3-10,13H,12,27H2,1-2H3,(H,30,32). The molecular formula is C25H20N6O. The lowest BCUT2D eigenvalue weighted by Crippen LogP contribution is -2.13. The third-order valence-electron chi connectivity index (χ3n) is 5.93. The second-order valence-corrected chi connectivity index (χ2v) is 7.77. The third-order valence-corrected chi connectivity index (χ3v) is 5.93. The molecule has 0 aliphatic heterocycles. The van der Waals surface area contributed by atoms with Crippen molar-refractivity contribution < 1.29 is 0 Å². The van der Waals surface area contributed by atoms with Crippen LogP contribution >= 0.6 is 0 Å². The summed E-state index contributed by atoms with van der Waals surface area (Å²) in [5, 5.41) is 24.4. The van der Waals surface area contributed by atoms with Crippen LogP contribution in [0.5, 0.6) is 0 Å². The molecule has 2 heterocycles. The topological polar surface area (TPSA) is 113 Å². The molecule has 5 rings (SSSR count). The Morgan fingerprint density at radius 2 is 1.84 bits per heavy atom. The van der Waals surface area contributed by atoms with Crippen LogP contribution in [0.4, 0.5) is 0 Å². The van der Waals surface area contributed by atoms with Crippen LogP contribution in [-0.2, 0) is 13.6 Å². The highest BCUT2D eigenvalue weighted by Gasteiger charge is 2.20. The molecule has 0 amide bonds. The number of nitrogens with one attached hydrogen (secondary N) is 1. The number of aromatic nitrogens is 4. The summed E-state index contributed by atoms with van der Waals surface area (Å²) in [4.78, 5) is 12.2. The Morgan fingerprint density at radius 3 is 2.59 bits per heavy atom. The van der Waals surface area contributed by atoms with Gasteiger partial charge < -0.3 is 5.73 Å². The highest BCUT2D eigenvalue weighted by Crippen LogP contribution is 2.38. The van der Waals surface area contributed by atoms with E-state index < -0.39 is 0 Å². The van der Waals surface area contributed by atoms with Gasteiger partial charge in [0, 0.05) is 35.5 Å². The Labute approximate surface area is 183 Å². The molecule has 32 heavy (non-hydrogen) atoms. The van der Waals surface area contributed by atoms with Crippen molar-refractivity contribution in [1.29, 1.82) is 5.26 Å². The minimum atomic E-state index is -0.257. The molecule has 0 saturated heterocycles. The Hall–Kier alpha value is -4.28. The van der Waals surface area contributed by atoms with Crippen molar-refractivity contribution in [3.05, 3.63) is 81.9 Å². The first-order chi connectivity index (χ1) is 15.5. The number of nitriles is 1. The van der Waals surface area contributed by atoms with E-state index in [4.69, 9.17) is 5.73 Å².